The fraction of sp³-hybridized carbons (Fsp3) is 0.214. The Labute approximate surface area is 127 Å². The lowest BCUT2D eigenvalue weighted by molar-refractivity contribution is 0.908. The van der Waals surface area contributed by atoms with Crippen molar-refractivity contribution in [3.63, 3.8) is 0 Å². The number of anilines is 1. The molecule has 1 heterocycles. The van der Waals surface area contributed by atoms with Gasteiger partial charge in [-0.15, -0.1) is 11.3 Å². The maximum Gasteiger partial charge on any atom is 0.104 e. The molecule has 0 bridgehead atoms. The first-order chi connectivity index (χ1) is 8.97. The lowest BCUT2D eigenvalue weighted by atomic mass is 10.1. The van der Waals surface area contributed by atoms with Crippen LogP contribution in [0, 0.1) is 6.92 Å². The number of hydrogen-bond donors (Lipinski definition) is 2. The van der Waals surface area contributed by atoms with E-state index < -0.39 is 0 Å². The molecular formula is C14H15ClN2S2. The van der Waals surface area contributed by atoms with Crippen LogP contribution in [0.5, 0.6) is 0 Å². The van der Waals surface area contributed by atoms with Crippen LogP contribution >= 0.6 is 35.2 Å². The second-order valence-corrected chi connectivity index (χ2v) is 6.59. The van der Waals surface area contributed by atoms with Crippen molar-refractivity contribution >= 4 is 45.8 Å². The van der Waals surface area contributed by atoms with Gasteiger partial charge in [0.05, 0.1) is 10.4 Å². The molecule has 2 aromatic rings. The maximum absolute atomic E-state index is 5.95. The highest BCUT2D eigenvalue weighted by molar-refractivity contribution is 7.80. The summed E-state index contributed by atoms with van der Waals surface area (Å²) >= 11 is 12.5. The van der Waals surface area contributed by atoms with E-state index in [-0.39, 0.29) is 6.04 Å². The summed E-state index contributed by atoms with van der Waals surface area (Å²) in [7, 11) is 0. The summed E-state index contributed by atoms with van der Waals surface area (Å²) in [6.45, 7) is 4.12. The van der Waals surface area contributed by atoms with Crippen LogP contribution in [0.4, 0.5) is 5.69 Å². The average Bonchev–Trinajstić information content (AvgIpc) is 2.75. The Kier molecular flexibility index (Phi) is 4.45. The Morgan fingerprint density at radius 3 is 2.63 bits per heavy atom. The number of nitrogens with two attached hydrogens (primary N) is 1. The largest absolute Gasteiger partial charge is 0.389 e. The molecule has 1 unspecified atom stereocenters. The molecule has 0 spiro atoms. The lowest BCUT2D eigenvalue weighted by Gasteiger charge is -2.15. The summed E-state index contributed by atoms with van der Waals surface area (Å²) in [5.41, 5.74) is 8.71. The van der Waals surface area contributed by atoms with Gasteiger partial charge in [0, 0.05) is 16.1 Å². The summed E-state index contributed by atoms with van der Waals surface area (Å²) in [6, 6.07) is 10.2. The van der Waals surface area contributed by atoms with Gasteiger partial charge < -0.3 is 11.1 Å². The van der Waals surface area contributed by atoms with Crippen molar-refractivity contribution in [2.75, 3.05) is 5.32 Å². The monoisotopic (exact) mass is 310 g/mol. The number of hydrogen-bond acceptors (Lipinski definition) is 3. The molecule has 100 valence electrons. The molecule has 0 aliphatic carbocycles. The molecule has 2 rings (SSSR count). The standard InChI is InChI=1S/C14H15ClN2S2/c1-8-7-10(3-4-11(8)14(16)18)17-9(2)12-5-6-13(15)19-12/h3-7,9,17H,1-2H3,(H2,16,18). The van der Waals surface area contributed by atoms with Gasteiger partial charge in [-0.2, -0.15) is 0 Å². The number of thiocarbonyl (C=S) groups is 1. The fourth-order valence-electron chi connectivity index (χ4n) is 1.91. The number of rotatable bonds is 4. The first-order valence-electron chi connectivity index (χ1n) is 5.89. The molecular weight excluding hydrogens is 296 g/mol. The van der Waals surface area contributed by atoms with E-state index in [1.165, 1.54) is 4.88 Å². The zero-order chi connectivity index (χ0) is 14.0. The highest BCUT2D eigenvalue weighted by Crippen LogP contribution is 2.29. The van der Waals surface area contributed by atoms with E-state index in [0.29, 0.717) is 4.99 Å². The van der Waals surface area contributed by atoms with Crippen LogP contribution in [0.3, 0.4) is 0 Å². The smallest absolute Gasteiger partial charge is 0.104 e. The summed E-state index contributed by atoms with van der Waals surface area (Å²) in [6.07, 6.45) is 0. The third-order valence-electron chi connectivity index (χ3n) is 2.90. The minimum Gasteiger partial charge on any atom is -0.389 e. The van der Waals surface area contributed by atoms with Crippen LogP contribution in [0.1, 0.15) is 29.0 Å². The first-order valence-corrected chi connectivity index (χ1v) is 7.50. The number of benzene rings is 1. The van der Waals surface area contributed by atoms with Gasteiger partial charge in [0.2, 0.25) is 0 Å². The quantitative estimate of drug-likeness (QED) is 0.816. The van der Waals surface area contributed by atoms with E-state index in [4.69, 9.17) is 29.6 Å². The van der Waals surface area contributed by atoms with Crippen LogP contribution in [-0.2, 0) is 0 Å². The van der Waals surface area contributed by atoms with Gasteiger partial charge in [0.25, 0.3) is 0 Å². The van der Waals surface area contributed by atoms with Gasteiger partial charge in [0.15, 0.2) is 0 Å². The number of thiophene rings is 1. The molecule has 2 nitrogen and oxygen atoms in total. The molecule has 0 aliphatic heterocycles. The molecule has 0 fully saturated rings. The molecule has 0 amide bonds. The molecule has 0 radical (unpaired) electrons. The van der Waals surface area contributed by atoms with E-state index in [2.05, 4.69) is 18.3 Å². The molecule has 3 N–H and O–H groups in total. The molecule has 5 heteroatoms. The minimum absolute atomic E-state index is 0.215. The maximum atomic E-state index is 5.95. The molecule has 1 atom stereocenters. The Bertz CT molecular complexity index is 607. The molecule has 1 aromatic carbocycles. The Morgan fingerprint density at radius 1 is 1.37 bits per heavy atom. The van der Waals surface area contributed by atoms with E-state index in [0.717, 1.165) is 21.2 Å². The summed E-state index contributed by atoms with van der Waals surface area (Å²) in [4.78, 5) is 1.64. The normalized spacial score (nSPS) is 12.2. The molecule has 0 aliphatic rings. The number of halogens is 1. The van der Waals surface area contributed by atoms with E-state index in [1.807, 2.05) is 31.2 Å². The molecule has 19 heavy (non-hydrogen) atoms. The van der Waals surface area contributed by atoms with Gasteiger partial charge >= 0.3 is 0 Å². The van der Waals surface area contributed by atoms with Crippen LogP contribution in [-0.4, -0.2) is 4.99 Å². The van der Waals surface area contributed by atoms with Crippen LogP contribution in [0.2, 0.25) is 4.34 Å². The van der Waals surface area contributed by atoms with Crippen molar-refractivity contribution in [2.45, 2.75) is 19.9 Å². The van der Waals surface area contributed by atoms with Crippen LogP contribution in [0.25, 0.3) is 0 Å². The van der Waals surface area contributed by atoms with E-state index in [9.17, 15) is 0 Å². The number of nitrogens with one attached hydrogen (secondary N) is 1. The topological polar surface area (TPSA) is 38.0 Å². The molecule has 1 aromatic heterocycles. The SMILES string of the molecule is Cc1cc(NC(C)c2ccc(Cl)s2)ccc1C(N)=S. The van der Waals surface area contributed by atoms with E-state index in [1.54, 1.807) is 11.3 Å². The van der Waals surface area contributed by atoms with Gasteiger partial charge in [-0.3, -0.25) is 0 Å². The summed E-state index contributed by atoms with van der Waals surface area (Å²) in [5, 5.41) is 3.45. The van der Waals surface area contributed by atoms with Crippen molar-refractivity contribution in [3.05, 3.63) is 50.7 Å². The Morgan fingerprint density at radius 2 is 2.11 bits per heavy atom. The van der Waals surface area contributed by atoms with Gasteiger partial charge in [0.1, 0.15) is 4.99 Å². The Hall–Kier alpha value is -1.10. The zero-order valence-electron chi connectivity index (χ0n) is 10.7. The Balaban J connectivity index is 2.15. The first kappa shape index (κ1) is 14.3. The fourth-order valence-corrected chi connectivity index (χ4v) is 3.20. The van der Waals surface area contributed by atoms with Gasteiger partial charge in [-0.25, -0.2) is 0 Å². The van der Waals surface area contributed by atoms with Crippen molar-refractivity contribution in [1.29, 1.82) is 0 Å². The second-order valence-electron chi connectivity index (χ2n) is 4.40. The van der Waals surface area contributed by atoms with Crippen molar-refractivity contribution < 1.29 is 0 Å². The van der Waals surface area contributed by atoms with Crippen LogP contribution < -0.4 is 11.1 Å². The van der Waals surface area contributed by atoms with Crippen molar-refractivity contribution in [3.8, 4) is 0 Å². The third kappa shape index (κ3) is 3.47. The molecule has 0 saturated carbocycles. The third-order valence-corrected chi connectivity index (χ3v) is 4.53. The molecule has 0 saturated heterocycles. The minimum atomic E-state index is 0.215. The summed E-state index contributed by atoms with van der Waals surface area (Å²) in [5.74, 6) is 0. The zero-order valence-corrected chi connectivity index (χ0v) is 13.1. The average molecular weight is 311 g/mol. The van der Waals surface area contributed by atoms with Crippen molar-refractivity contribution in [1.82, 2.24) is 0 Å². The van der Waals surface area contributed by atoms with Gasteiger partial charge in [-0.05, 0) is 49.7 Å². The second kappa shape index (κ2) is 5.90. The predicted molar refractivity (Wildman–Crippen MR) is 88.4 cm³/mol. The van der Waals surface area contributed by atoms with E-state index >= 15 is 0 Å². The van der Waals surface area contributed by atoms with Gasteiger partial charge in [-0.1, -0.05) is 23.8 Å². The highest BCUT2D eigenvalue weighted by atomic mass is 35.5. The van der Waals surface area contributed by atoms with Crippen molar-refractivity contribution in [2.24, 2.45) is 5.73 Å². The predicted octanol–water partition coefficient (Wildman–Crippen LogP) is 4.52. The number of aryl methyl sites for hydroxylation is 1. The highest BCUT2D eigenvalue weighted by Gasteiger charge is 2.09. The lowest BCUT2D eigenvalue weighted by Crippen LogP contribution is -2.12. The summed E-state index contributed by atoms with van der Waals surface area (Å²) < 4.78 is 0.809. The van der Waals surface area contributed by atoms with Crippen LogP contribution in [0.15, 0.2) is 30.3 Å².